The maximum absolute atomic E-state index is 12.0. The van der Waals surface area contributed by atoms with Crippen molar-refractivity contribution in [2.24, 2.45) is 0 Å². The van der Waals surface area contributed by atoms with Crippen molar-refractivity contribution in [1.82, 2.24) is 4.57 Å². The van der Waals surface area contributed by atoms with Crippen LogP contribution >= 0.6 is 22.6 Å². The number of methoxy groups -OCH3 is 1. The summed E-state index contributed by atoms with van der Waals surface area (Å²) < 4.78 is 7.66. The summed E-state index contributed by atoms with van der Waals surface area (Å²) in [6, 6.07) is 11.6. The number of nitrogens with zero attached hydrogens (tertiary/aromatic N) is 1. The molecule has 94 valence electrons. The number of halogens is 1. The minimum Gasteiger partial charge on any atom is -0.497 e. The van der Waals surface area contributed by atoms with Crippen LogP contribution in [0.4, 0.5) is 0 Å². The van der Waals surface area contributed by atoms with Gasteiger partial charge in [0.2, 0.25) is 0 Å². The Morgan fingerprint density at radius 2 is 1.83 bits per heavy atom. The van der Waals surface area contributed by atoms with Gasteiger partial charge in [-0.25, -0.2) is 0 Å². The van der Waals surface area contributed by atoms with Crippen LogP contribution in [0.25, 0.3) is 11.3 Å². The zero-order chi connectivity index (χ0) is 13.1. The maximum Gasteiger partial charge on any atom is 0.264 e. The monoisotopic (exact) mass is 355 g/mol. The van der Waals surface area contributed by atoms with E-state index >= 15 is 0 Å². The lowest BCUT2D eigenvalue weighted by Gasteiger charge is -2.11. The van der Waals surface area contributed by atoms with Gasteiger partial charge in [-0.2, -0.15) is 0 Å². The predicted octanol–water partition coefficient (Wildman–Crippen LogP) is 3.15. The summed E-state index contributed by atoms with van der Waals surface area (Å²) in [4.78, 5) is 12.0. The van der Waals surface area contributed by atoms with Crippen molar-refractivity contribution in [1.29, 1.82) is 0 Å². The minimum atomic E-state index is 0.0615. The molecule has 0 spiro atoms. The number of ether oxygens (including phenoxy) is 1. The van der Waals surface area contributed by atoms with Gasteiger partial charge in [-0.05, 0) is 71.5 Å². The van der Waals surface area contributed by atoms with Crippen LogP contribution < -0.4 is 10.3 Å². The summed E-state index contributed by atoms with van der Waals surface area (Å²) in [5, 5.41) is 0. The smallest absolute Gasteiger partial charge is 0.264 e. The van der Waals surface area contributed by atoms with Gasteiger partial charge < -0.3 is 9.30 Å². The topological polar surface area (TPSA) is 31.2 Å². The highest BCUT2D eigenvalue weighted by Crippen LogP contribution is 2.21. The molecule has 0 fully saturated rings. The first-order valence-electron chi connectivity index (χ1n) is 5.71. The van der Waals surface area contributed by atoms with E-state index in [1.54, 1.807) is 11.7 Å². The van der Waals surface area contributed by atoms with E-state index in [9.17, 15) is 4.79 Å². The molecule has 18 heavy (non-hydrogen) atoms. The molecule has 0 aliphatic carbocycles. The Morgan fingerprint density at radius 3 is 2.39 bits per heavy atom. The zero-order valence-corrected chi connectivity index (χ0v) is 12.5. The number of hydrogen-bond acceptors (Lipinski definition) is 2. The van der Waals surface area contributed by atoms with Crippen LogP contribution in [0.3, 0.4) is 0 Å². The largest absolute Gasteiger partial charge is 0.497 e. The molecular weight excluding hydrogens is 341 g/mol. The van der Waals surface area contributed by atoms with Crippen molar-refractivity contribution in [3.05, 3.63) is 50.3 Å². The molecule has 3 nitrogen and oxygen atoms in total. The Morgan fingerprint density at radius 1 is 1.17 bits per heavy atom. The molecule has 0 aliphatic rings. The maximum atomic E-state index is 12.0. The molecule has 0 saturated carbocycles. The van der Waals surface area contributed by atoms with Crippen LogP contribution in [0, 0.1) is 3.57 Å². The van der Waals surface area contributed by atoms with Gasteiger partial charge in [0, 0.05) is 6.54 Å². The fraction of sp³-hybridized carbons (Fsp3) is 0.214. The van der Waals surface area contributed by atoms with E-state index < -0.39 is 0 Å². The lowest BCUT2D eigenvalue weighted by Crippen LogP contribution is -2.22. The number of hydrogen-bond donors (Lipinski definition) is 0. The first-order chi connectivity index (χ1) is 8.67. The van der Waals surface area contributed by atoms with Crippen LogP contribution in [0.1, 0.15) is 6.92 Å². The van der Waals surface area contributed by atoms with E-state index in [0.717, 1.165) is 20.6 Å². The van der Waals surface area contributed by atoms with Gasteiger partial charge >= 0.3 is 0 Å². The summed E-state index contributed by atoms with van der Waals surface area (Å²) in [6.07, 6.45) is 0. The van der Waals surface area contributed by atoms with Crippen LogP contribution in [0.5, 0.6) is 5.75 Å². The fourth-order valence-electron chi connectivity index (χ4n) is 1.88. The van der Waals surface area contributed by atoms with Crippen LogP contribution in [0.2, 0.25) is 0 Å². The van der Waals surface area contributed by atoms with Crippen molar-refractivity contribution >= 4 is 22.6 Å². The Balaban J connectivity index is 2.56. The Kier molecular flexibility index (Phi) is 4.06. The highest BCUT2D eigenvalue weighted by Gasteiger charge is 2.07. The summed E-state index contributed by atoms with van der Waals surface area (Å²) >= 11 is 2.07. The van der Waals surface area contributed by atoms with Gasteiger partial charge in [0.05, 0.1) is 16.4 Å². The van der Waals surface area contributed by atoms with E-state index in [-0.39, 0.29) is 5.56 Å². The quantitative estimate of drug-likeness (QED) is 0.793. The second-order valence-electron chi connectivity index (χ2n) is 3.84. The van der Waals surface area contributed by atoms with Crippen molar-refractivity contribution in [3.63, 3.8) is 0 Å². The Labute approximate surface area is 120 Å². The van der Waals surface area contributed by atoms with E-state index in [1.807, 2.05) is 43.3 Å². The van der Waals surface area contributed by atoms with E-state index in [4.69, 9.17) is 4.74 Å². The SMILES string of the molecule is CCn1c(-c2ccc(OC)cc2)ccc(I)c1=O. The Bertz CT molecular complexity index is 602. The van der Waals surface area contributed by atoms with Crippen LogP contribution in [-0.4, -0.2) is 11.7 Å². The van der Waals surface area contributed by atoms with Gasteiger partial charge in [-0.1, -0.05) is 0 Å². The van der Waals surface area contributed by atoms with E-state index in [0.29, 0.717) is 6.54 Å². The fourth-order valence-corrected chi connectivity index (χ4v) is 2.35. The van der Waals surface area contributed by atoms with Gasteiger partial charge in [0.1, 0.15) is 5.75 Å². The van der Waals surface area contributed by atoms with Crippen LogP contribution in [-0.2, 0) is 6.54 Å². The highest BCUT2D eigenvalue weighted by atomic mass is 127. The molecule has 1 aromatic carbocycles. The Hall–Kier alpha value is -1.30. The van der Waals surface area contributed by atoms with Crippen LogP contribution in [0.15, 0.2) is 41.2 Å². The molecule has 4 heteroatoms. The molecule has 1 aromatic heterocycles. The first kappa shape index (κ1) is 13.1. The standard InChI is InChI=1S/C14H14INO2/c1-3-16-13(9-8-12(15)14(16)17)10-4-6-11(18-2)7-5-10/h4-9H,3H2,1-2H3. The molecule has 0 unspecified atom stereocenters. The first-order valence-corrected chi connectivity index (χ1v) is 6.79. The molecular formula is C14H14INO2. The molecule has 0 atom stereocenters. The second-order valence-corrected chi connectivity index (χ2v) is 5.01. The average Bonchev–Trinajstić information content (AvgIpc) is 2.42. The molecule has 2 rings (SSSR count). The lowest BCUT2D eigenvalue weighted by atomic mass is 10.1. The number of benzene rings is 1. The van der Waals surface area contributed by atoms with Crippen molar-refractivity contribution in [2.75, 3.05) is 7.11 Å². The summed E-state index contributed by atoms with van der Waals surface area (Å²) in [5.41, 5.74) is 2.02. The van der Waals surface area contributed by atoms with Gasteiger partial charge in [0.15, 0.2) is 0 Å². The molecule has 1 heterocycles. The second kappa shape index (κ2) is 5.56. The molecule has 0 amide bonds. The van der Waals surface area contributed by atoms with Crippen molar-refractivity contribution < 1.29 is 4.74 Å². The molecule has 0 bridgehead atoms. The minimum absolute atomic E-state index is 0.0615. The average molecular weight is 355 g/mol. The zero-order valence-electron chi connectivity index (χ0n) is 10.3. The number of aromatic nitrogens is 1. The van der Waals surface area contributed by atoms with Crippen molar-refractivity contribution in [3.8, 4) is 17.0 Å². The summed E-state index contributed by atoms with van der Waals surface area (Å²) in [6.45, 7) is 2.64. The normalized spacial score (nSPS) is 10.4. The highest BCUT2D eigenvalue weighted by molar-refractivity contribution is 14.1. The third-order valence-corrected chi connectivity index (χ3v) is 3.65. The lowest BCUT2D eigenvalue weighted by molar-refractivity contribution is 0.415. The molecule has 0 radical (unpaired) electrons. The number of pyridine rings is 1. The molecule has 0 N–H and O–H groups in total. The summed E-state index contributed by atoms with van der Waals surface area (Å²) in [5.74, 6) is 0.814. The van der Waals surface area contributed by atoms with Crippen molar-refractivity contribution in [2.45, 2.75) is 13.5 Å². The molecule has 0 aliphatic heterocycles. The third-order valence-electron chi connectivity index (χ3n) is 2.83. The van der Waals surface area contributed by atoms with Gasteiger partial charge in [0.25, 0.3) is 5.56 Å². The predicted molar refractivity (Wildman–Crippen MR) is 81.1 cm³/mol. The third kappa shape index (κ3) is 2.43. The molecule has 2 aromatic rings. The van der Waals surface area contributed by atoms with Gasteiger partial charge in [-0.15, -0.1) is 0 Å². The number of rotatable bonds is 3. The van der Waals surface area contributed by atoms with Gasteiger partial charge in [-0.3, -0.25) is 4.79 Å². The summed E-state index contributed by atoms with van der Waals surface area (Å²) in [7, 11) is 1.64. The van der Waals surface area contributed by atoms with E-state index in [2.05, 4.69) is 22.6 Å². The van der Waals surface area contributed by atoms with E-state index in [1.165, 1.54) is 0 Å². The molecule has 0 saturated heterocycles.